The van der Waals surface area contributed by atoms with Gasteiger partial charge in [-0.1, -0.05) is 41.9 Å². The number of sulfonamides is 1. The zero-order chi connectivity index (χ0) is 22.4. The zero-order valence-corrected chi connectivity index (χ0v) is 18.0. The highest BCUT2D eigenvalue weighted by molar-refractivity contribution is 7.93. The molecule has 0 bridgehead atoms. The predicted octanol–water partition coefficient (Wildman–Crippen LogP) is 4.53. The van der Waals surface area contributed by atoms with Crippen LogP contribution in [0.1, 0.15) is 0 Å². The van der Waals surface area contributed by atoms with Gasteiger partial charge in [0.2, 0.25) is 0 Å². The van der Waals surface area contributed by atoms with Gasteiger partial charge in [-0.2, -0.15) is 0 Å². The molecule has 0 saturated carbocycles. The van der Waals surface area contributed by atoms with Crippen molar-refractivity contribution in [3.05, 3.63) is 87.9 Å². The molecule has 162 valence electrons. The van der Waals surface area contributed by atoms with E-state index in [1.54, 1.807) is 48.5 Å². The van der Waals surface area contributed by atoms with Crippen molar-refractivity contribution in [3.63, 3.8) is 0 Å². The van der Waals surface area contributed by atoms with Crippen molar-refractivity contribution in [2.24, 2.45) is 0 Å². The average Bonchev–Trinajstić information content (AvgIpc) is 2.77. The third kappa shape index (κ3) is 5.07. The first-order valence-corrected chi connectivity index (χ1v) is 10.9. The molecule has 0 N–H and O–H groups in total. The third-order valence-electron chi connectivity index (χ3n) is 4.35. The topological polar surface area (TPSA) is 99.0 Å². The second kappa shape index (κ2) is 9.67. The molecule has 10 heteroatoms. The number of rotatable bonds is 9. The SMILES string of the molecule is COc1ccccc1N(CCOc1ccccc1)S(=O)(=O)c1cc([N+](=O)[O-])ccc1Cl. The molecule has 0 fully saturated rings. The normalized spacial score (nSPS) is 11.0. The summed E-state index contributed by atoms with van der Waals surface area (Å²) in [6.07, 6.45) is 0. The summed E-state index contributed by atoms with van der Waals surface area (Å²) in [5.41, 5.74) is -0.132. The number of benzene rings is 3. The van der Waals surface area contributed by atoms with Crippen molar-refractivity contribution in [1.82, 2.24) is 0 Å². The van der Waals surface area contributed by atoms with Gasteiger partial charge in [-0.25, -0.2) is 8.42 Å². The van der Waals surface area contributed by atoms with Gasteiger partial charge in [0, 0.05) is 12.1 Å². The van der Waals surface area contributed by atoms with Gasteiger partial charge in [0.05, 0.1) is 29.3 Å². The molecule has 3 aromatic rings. The number of methoxy groups -OCH3 is 1. The van der Waals surface area contributed by atoms with Crippen LogP contribution in [0.5, 0.6) is 11.5 Å². The predicted molar refractivity (Wildman–Crippen MR) is 118 cm³/mol. The lowest BCUT2D eigenvalue weighted by molar-refractivity contribution is -0.385. The Kier molecular flexibility index (Phi) is 6.98. The molecule has 3 rings (SSSR count). The molecule has 0 unspecified atom stereocenters. The van der Waals surface area contributed by atoms with Crippen molar-refractivity contribution >= 4 is 33.0 Å². The summed E-state index contributed by atoms with van der Waals surface area (Å²) in [7, 11) is -2.87. The number of hydrogen-bond acceptors (Lipinski definition) is 6. The molecule has 0 saturated heterocycles. The Morgan fingerprint density at radius 1 is 1.03 bits per heavy atom. The Morgan fingerprint density at radius 3 is 2.39 bits per heavy atom. The summed E-state index contributed by atoms with van der Waals surface area (Å²) < 4.78 is 39.2. The number of nitrogens with zero attached hydrogens (tertiary/aromatic N) is 2. The number of anilines is 1. The van der Waals surface area contributed by atoms with Crippen LogP contribution < -0.4 is 13.8 Å². The Balaban J connectivity index is 2.02. The maximum absolute atomic E-state index is 13.5. The minimum Gasteiger partial charge on any atom is -0.495 e. The molecule has 0 spiro atoms. The van der Waals surface area contributed by atoms with E-state index in [0.29, 0.717) is 11.5 Å². The summed E-state index contributed by atoms with van der Waals surface area (Å²) in [6, 6.07) is 18.8. The lowest BCUT2D eigenvalue weighted by Crippen LogP contribution is -2.35. The Hall–Kier alpha value is -3.30. The third-order valence-corrected chi connectivity index (χ3v) is 6.65. The van der Waals surface area contributed by atoms with E-state index in [2.05, 4.69) is 0 Å². The second-order valence-corrected chi connectivity index (χ2v) is 8.52. The van der Waals surface area contributed by atoms with Crippen molar-refractivity contribution in [1.29, 1.82) is 0 Å². The van der Waals surface area contributed by atoms with E-state index in [4.69, 9.17) is 21.1 Å². The molecule has 0 radical (unpaired) electrons. The fraction of sp³-hybridized carbons (Fsp3) is 0.143. The lowest BCUT2D eigenvalue weighted by atomic mass is 10.3. The fourth-order valence-electron chi connectivity index (χ4n) is 2.89. The van der Waals surface area contributed by atoms with Crippen LogP contribution in [0.3, 0.4) is 0 Å². The van der Waals surface area contributed by atoms with Crippen LogP contribution in [0.25, 0.3) is 0 Å². The average molecular weight is 463 g/mol. The number of non-ortho nitro benzene ring substituents is 1. The molecule has 3 aromatic carbocycles. The van der Waals surface area contributed by atoms with Crippen LogP contribution >= 0.6 is 11.6 Å². The van der Waals surface area contributed by atoms with Gasteiger partial charge in [0.25, 0.3) is 15.7 Å². The standard InChI is InChI=1S/C21H19ClN2O6S/c1-29-20-10-6-5-9-19(20)23(13-14-30-17-7-3-2-4-8-17)31(27,28)21-15-16(24(25)26)11-12-18(21)22/h2-12,15H,13-14H2,1H3. The van der Waals surface area contributed by atoms with E-state index < -0.39 is 14.9 Å². The number of ether oxygens (including phenoxy) is 2. The van der Waals surface area contributed by atoms with Gasteiger partial charge in [-0.05, 0) is 30.3 Å². The number of hydrogen-bond donors (Lipinski definition) is 0. The number of nitro groups is 1. The molecular formula is C21H19ClN2O6S. The lowest BCUT2D eigenvalue weighted by Gasteiger charge is -2.26. The molecule has 0 aromatic heterocycles. The Labute approximate surface area is 184 Å². The van der Waals surface area contributed by atoms with E-state index in [1.807, 2.05) is 6.07 Å². The van der Waals surface area contributed by atoms with Crippen LogP contribution in [0, 0.1) is 10.1 Å². The van der Waals surface area contributed by atoms with Crippen molar-refractivity contribution < 1.29 is 22.8 Å². The van der Waals surface area contributed by atoms with Crippen molar-refractivity contribution in [3.8, 4) is 11.5 Å². The molecule has 0 heterocycles. The number of para-hydroxylation sites is 3. The monoisotopic (exact) mass is 462 g/mol. The smallest absolute Gasteiger partial charge is 0.270 e. The van der Waals surface area contributed by atoms with Crippen molar-refractivity contribution in [2.75, 3.05) is 24.6 Å². The largest absolute Gasteiger partial charge is 0.495 e. The van der Waals surface area contributed by atoms with Crippen LogP contribution in [0.15, 0.2) is 77.7 Å². The summed E-state index contributed by atoms with van der Waals surface area (Å²) in [6.45, 7) is -0.0650. The van der Waals surface area contributed by atoms with Gasteiger partial charge >= 0.3 is 0 Å². The van der Waals surface area contributed by atoms with E-state index in [9.17, 15) is 18.5 Å². The number of nitro benzene ring substituents is 1. The molecule has 0 aliphatic heterocycles. The summed E-state index contributed by atoms with van der Waals surface area (Å²) >= 11 is 6.13. The molecular weight excluding hydrogens is 444 g/mol. The van der Waals surface area contributed by atoms with Crippen LogP contribution in [0.2, 0.25) is 5.02 Å². The quantitative estimate of drug-likeness (QED) is 0.342. The molecule has 0 aliphatic carbocycles. The van der Waals surface area contributed by atoms with Gasteiger partial charge in [0.1, 0.15) is 23.0 Å². The van der Waals surface area contributed by atoms with Gasteiger partial charge in [-0.3, -0.25) is 14.4 Å². The van der Waals surface area contributed by atoms with E-state index in [1.165, 1.54) is 13.2 Å². The van der Waals surface area contributed by atoms with E-state index in [-0.39, 0.29) is 34.4 Å². The molecule has 31 heavy (non-hydrogen) atoms. The minimum absolute atomic E-state index is 0.0217. The Morgan fingerprint density at radius 2 is 1.71 bits per heavy atom. The number of halogens is 1. The maximum Gasteiger partial charge on any atom is 0.270 e. The first-order chi connectivity index (χ1) is 14.8. The maximum atomic E-state index is 13.5. The Bertz CT molecular complexity index is 1170. The molecule has 0 atom stereocenters. The first kappa shape index (κ1) is 22.4. The molecule has 0 aliphatic rings. The van der Waals surface area contributed by atoms with Gasteiger partial charge in [-0.15, -0.1) is 0 Å². The zero-order valence-electron chi connectivity index (χ0n) is 16.5. The summed E-state index contributed by atoms with van der Waals surface area (Å²) in [5, 5.41) is 11.0. The van der Waals surface area contributed by atoms with Crippen LogP contribution in [-0.2, 0) is 10.0 Å². The first-order valence-electron chi connectivity index (χ1n) is 9.12. The van der Waals surface area contributed by atoms with E-state index in [0.717, 1.165) is 16.4 Å². The van der Waals surface area contributed by atoms with Crippen molar-refractivity contribution in [2.45, 2.75) is 4.90 Å². The second-order valence-electron chi connectivity index (χ2n) is 6.28. The highest BCUT2D eigenvalue weighted by Crippen LogP contribution is 2.35. The van der Waals surface area contributed by atoms with Gasteiger partial charge in [0.15, 0.2) is 0 Å². The summed E-state index contributed by atoms with van der Waals surface area (Å²) in [4.78, 5) is 10.1. The highest BCUT2D eigenvalue weighted by Gasteiger charge is 2.30. The highest BCUT2D eigenvalue weighted by atomic mass is 35.5. The summed E-state index contributed by atoms with van der Waals surface area (Å²) in [5.74, 6) is 0.889. The van der Waals surface area contributed by atoms with E-state index >= 15 is 0 Å². The van der Waals surface area contributed by atoms with Crippen LogP contribution in [0.4, 0.5) is 11.4 Å². The molecule has 8 nitrogen and oxygen atoms in total. The van der Waals surface area contributed by atoms with Crippen LogP contribution in [-0.4, -0.2) is 33.6 Å². The minimum atomic E-state index is -4.29. The fourth-order valence-corrected chi connectivity index (χ4v) is 4.85. The molecule has 0 amide bonds. The van der Waals surface area contributed by atoms with Gasteiger partial charge < -0.3 is 9.47 Å².